The molecule has 0 saturated heterocycles. The first-order valence-corrected chi connectivity index (χ1v) is 4.88. The lowest BCUT2D eigenvalue weighted by atomic mass is 10.2. The van der Waals surface area contributed by atoms with E-state index in [0.29, 0.717) is 5.02 Å². The van der Waals surface area contributed by atoms with Gasteiger partial charge in [-0.25, -0.2) is 0 Å². The molecule has 0 saturated carbocycles. The van der Waals surface area contributed by atoms with Crippen molar-refractivity contribution in [2.45, 2.75) is 0 Å². The maximum absolute atomic E-state index is 6.01. The van der Waals surface area contributed by atoms with Gasteiger partial charge in [-0.3, -0.25) is 4.98 Å². The summed E-state index contributed by atoms with van der Waals surface area (Å²) in [4.78, 5) is 7.18. The molecule has 66 valence electrons. The maximum Gasteiger partial charge on any atom is 0.0904 e. The number of hydrogen-bond acceptors (Lipinski definition) is 1. The predicted molar refractivity (Wildman–Crippen MR) is 56.7 cm³/mol. The van der Waals surface area contributed by atoms with Gasteiger partial charge in [0.1, 0.15) is 0 Å². The zero-order valence-corrected chi connectivity index (χ0v) is 8.93. The number of aromatic amines is 1. The quantitative estimate of drug-likeness (QED) is 0.832. The standard InChI is InChI=1S/C9H6BrClN2/c10-7-3-8(11)9(13-5-7)6-1-2-12-4-6/h1-5,12H. The molecule has 0 spiro atoms. The minimum Gasteiger partial charge on any atom is -0.367 e. The Morgan fingerprint density at radius 1 is 1.46 bits per heavy atom. The summed E-state index contributed by atoms with van der Waals surface area (Å²) in [6.45, 7) is 0. The first-order valence-electron chi connectivity index (χ1n) is 3.71. The highest BCUT2D eigenvalue weighted by Crippen LogP contribution is 2.27. The first kappa shape index (κ1) is 8.78. The molecule has 0 aliphatic heterocycles. The Kier molecular flexibility index (Phi) is 2.38. The summed E-state index contributed by atoms with van der Waals surface area (Å²) in [6.07, 6.45) is 5.44. The van der Waals surface area contributed by atoms with Crippen LogP contribution in [0.25, 0.3) is 11.3 Å². The van der Waals surface area contributed by atoms with Gasteiger partial charge in [0.15, 0.2) is 0 Å². The fourth-order valence-electron chi connectivity index (χ4n) is 1.10. The molecule has 0 aliphatic rings. The van der Waals surface area contributed by atoms with E-state index in [2.05, 4.69) is 25.9 Å². The summed E-state index contributed by atoms with van der Waals surface area (Å²) in [5.41, 5.74) is 1.80. The summed E-state index contributed by atoms with van der Waals surface area (Å²) >= 11 is 9.32. The zero-order chi connectivity index (χ0) is 9.26. The van der Waals surface area contributed by atoms with Crippen molar-refractivity contribution in [3.8, 4) is 11.3 Å². The van der Waals surface area contributed by atoms with E-state index in [0.717, 1.165) is 15.7 Å². The van der Waals surface area contributed by atoms with Crippen molar-refractivity contribution in [2.24, 2.45) is 0 Å². The molecule has 2 aromatic rings. The van der Waals surface area contributed by atoms with Crippen molar-refractivity contribution in [1.29, 1.82) is 0 Å². The second-order valence-electron chi connectivity index (χ2n) is 2.58. The number of hydrogen-bond donors (Lipinski definition) is 1. The van der Waals surface area contributed by atoms with Crippen LogP contribution in [0.1, 0.15) is 0 Å². The average Bonchev–Trinajstić information content (AvgIpc) is 2.56. The molecule has 13 heavy (non-hydrogen) atoms. The smallest absolute Gasteiger partial charge is 0.0904 e. The molecule has 2 rings (SSSR count). The molecule has 0 aliphatic carbocycles. The topological polar surface area (TPSA) is 28.7 Å². The highest BCUT2D eigenvalue weighted by Gasteiger charge is 2.05. The Bertz CT molecular complexity index is 412. The normalized spacial score (nSPS) is 10.3. The third kappa shape index (κ3) is 1.76. The van der Waals surface area contributed by atoms with E-state index in [1.807, 2.05) is 24.5 Å². The zero-order valence-electron chi connectivity index (χ0n) is 6.59. The van der Waals surface area contributed by atoms with Crippen molar-refractivity contribution in [3.05, 3.63) is 40.2 Å². The van der Waals surface area contributed by atoms with Gasteiger partial charge in [0.25, 0.3) is 0 Å². The van der Waals surface area contributed by atoms with Crippen LogP contribution in [0, 0.1) is 0 Å². The first-order chi connectivity index (χ1) is 6.27. The molecule has 0 atom stereocenters. The predicted octanol–water partition coefficient (Wildman–Crippen LogP) is 3.49. The van der Waals surface area contributed by atoms with Crippen molar-refractivity contribution in [1.82, 2.24) is 9.97 Å². The van der Waals surface area contributed by atoms with E-state index in [1.165, 1.54) is 0 Å². The Hall–Kier alpha value is -0.800. The van der Waals surface area contributed by atoms with E-state index in [1.54, 1.807) is 6.20 Å². The molecule has 0 bridgehead atoms. The maximum atomic E-state index is 6.01. The lowest BCUT2D eigenvalue weighted by Gasteiger charge is -1.99. The second kappa shape index (κ2) is 3.52. The molecular formula is C9H6BrClN2. The van der Waals surface area contributed by atoms with Gasteiger partial charge < -0.3 is 4.98 Å². The molecule has 1 N–H and O–H groups in total. The minimum atomic E-state index is 0.647. The average molecular weight is 258 g/mol. The summed E-state index contributed by atoms with van der Waals surface area (Å²) in [5, 5.41) is 0.647. The highest BCUT2D eigenvalue weighted by atomic mass is 79.9. The Morgan fingerprint density at radius 3 is 2.92 bits per heavy atom. The molecule has 2 nitrogen and oxygen atoms in total. The number of pyridine rings is 1. The highest BCUT2D eigenvalue weighted by molar-refractivity contribution is 9.10. The fraction of sp³-hybridized carbons (Fsp3) is 0. The molecule has 0 unspecified atom stereocenters. The second-order valence-corrected chi connectivity index (χ2v) is 3.91. The van der Waals surface area contributed by atoms with E-state index < -0.39 is 0 Å². The Labute approximate surface area is 89.1 Å². The largest absolute Gasteiger partial charge is 0.367 e. The third-order valence-electron chi connectivity index (χ3n) is 1.68. The van der Waals surface area contributed by atoms with Crippen LogP contribution >= 0.6 is 27.5 Å². The third-order valence-corrected chi connectivity index (χ3v) is 2.40. The van der Waals surface area contributed by atoms with Gasteiger partial charge >= 0.3 is 0 Å². The van der Waals surface area contributed by atoms with Crippen molar-refractivity contribution < 1.29 is 0 Å². The van der Waals surface area contributed by atoms with Crippen LogP contribution in [0.5, 0.6) is 0 Å². The molecule has 0 radical (unpaired) electrons. The van der Waals surface area contributed by atoms with E-state index in [-0.39, 0.29) is 0 Å². The number of halogens is 2. The minimum absolute atomic E-state index is 0.647. The van der Waals surface area contributed by atoms with Gasteiger partial charge in [0, 0.05) is 28.6 Å². The van der Waals surface area contributed by atoms with Crippen LogP contribution in [0.15, 0.2) is 35.2 Å². The number of nitrogens with zero attached hydrogens (tertiary/aromatic N) is 1. The van der Waals surface area contributed by atoms with Gasteiger partial charge in [-0.15, -0.1) is 0 Å². The van der Waals surface area contributed by atoms with Crippen LogP contribution in [-0.2, 0) is 0 Å². The lowest BCUT2D eigenvalue weighted by molar-refractivity contribution is 1.31. The molecule has 0 amide bonds. The van der Waals surface area contributed by atoms with Crippen LogP contribution in [0.4, 0.5) is 0 Å². The summed E-state index contributed by atoms with van der Waals surface area (Å²) in [7, 11) is 0. The van der Waals surface area contributed by atoms with Gasteiger partial charge in [0.2, 0.25) is 0 Å². The lowest BCUT2D eigenvalue weighted by Crippen LogP contribution is -1.82. The van der Waals surface area contributed by atoms with E-state index >= 15 is 0 Å². The van der Waals surface area contributed by atoms with E-state index in [9.17, 15) is 0 Å². The Morgan fingerprint density at radius 2 is 2.31 bits per heavy atom. The van der Waals surface area contributed by atoms with E-state index in [4.69, 9.17) is 11.6 Å². The van der Waals surface area contributed by atoms with Gasteiger partial charge in [-0.2, -0.15) is 0 Å². The van der Waals surface area contributed by atoms with Crippen LogP contribution < -0.4 is 0 Å². The summed E-state index contributed by atoms with van der Waals surface area (Å²) < 4.78 is 0.886. The molecule has 0 aromatic carbocycles. The SMILES string of the molecule is Clc1cc(Br)cnc1-c1cc[nH]c1. The number of nitrogens with one attached hydrogen (secondary N) is 1. The van der Waals surface area contributed by atoms with Crippen LogP contribution in [-0.4, -0.2) is 9.97 Å². The monoisotopic (exact) mass is 256 g/mol. The van der Waals surface area contributed by atoms with Gasteiger partial charge in [0.05, 0.1) is 10.7 Å². The van der Waals surface area contributed by atoms with Crippen molar-refractivity contribution in [3.63, 3.8) is 0 Å². The number of aromatic nitrogens is 2. The number of rotatable bonds is 1. The molecule has 0 fully saturated rings. The fourth-order valence-corrected chi connectivity index (χ4v) is 1.84. The summed E-state index contributed by atoms with van der Waals surface area (Å²) in [5.74, 6) is 0. The van der Waals surface area contributed by atoms with Crippen molar-refractivity contribution >= 4 is 27.5 Å². The van der Waals surface area contributed by atoms with Crippen LogP contribution in [0.2, 0.25) is 5.02 Å². The molecule has 4 heteroatoms. The summed E-state index contributed by atoms with van der Waals surface area (Å²) in [6, 6.07) is 3.76. The van der Waals surface area contributed by atoms with Crippen LogP contribution in [0.3, 0.4) is 0 Å². The number of H-pyrrole nitrogens is 1. The molecular weight excluding hydrogens is 251 g/mol. The van der Waals surface area contributed by atoms with Gasteiger partial charge in [-0.05, 0) is 28.1 Å². The molecule has 2 heterocycles. The van der Waals surface area contributed by atoms with Crippen molar-refractivity contribution in [2.75, 3.05) is 0 Å². The van der Waals surface area contributed by atoms with Gasteiger partial charge in [-0.1, -0.05) is 11.6 Å². The molecule has 2 aromatic heterocycles. The Balaban J connectivity index is 2.53.